The van der Waals surface area contributed by atoms with Gasteiger partial charge in [0.2, 0.25) is 12.1 Å². The van der Waals surface area contributed by atoms with Gasteiger partial charge in [-0.3, -0.25) is 14.4 Å². The second kappa shape index (κ2) is 13.9. The van der Waals surface area contributed by atoms with Gasteiger partial charge in [0.1, 0.15) is 0 Å². The molecule has 0 amide bonds. The molecule has 4 saturated heterocycles. The molecular weight excluding hydrogens is 608 g/mol. The minimum atomic E-state index is -0.793. The second-order valence-corrected chi connectivity index (χ2v) is 12.8. The van der Waals surface area contributed by atoms with Crippen molar-refractivity contribution in [3.63, 3.8) is 0 Å². The number of hydrogen-bond acceptors (Lipinski definition) is 11. The van der Waals surface area contributed by atoms with E-state index in [-0.39, 0.29) is 47.3 Å². The average Bonchev–Trinajstić information content (AvgIpc) is 3.28. The molecule has 4 heterocycles. The molecule has 2 aromatic rings. The molecule has 7 atom stereocenters. The highest BCUT2D eigenvalue weighted by molar-refractivity contribution is 6.10. The van der Waals surface area contributed by atoms with Crippen molar-refractivity contribution in [1.29, 1.82) is 0 Å². The van der Waals surface area contributed by atoms with Crippen LogP contribution in [0.1, 0.15) is 64.0 Å². The molecule has 2 N–H and O–H groups in total. The van der Waals surface area contributed by atoms with Crippen molar-refractivity contribution in [2.45, 2.75) is 70.6 Å². The number of allylic oxidation sites excluding steroid dienone is 2. The first-order valence-corrected chi connectivity index (χ1v) is 15.8. The van der Waals surface area contributed by atoms with Crippen molar-refractivity contribution in [1.82, 2.24) is 0 Å². The van der Waals surface area contributed by atoms with E-state index in [0.717, 1.165) is 25.7 Å². The number of ether oxygens (including phenoxy) is 4. The standard InChI is InChI=1S/C21H20O6.C15H22O5/c1-26-20-11-14(5-9-18(20)24)3-7-16(22)13-17(23)8-4-15-6-10-19(25)21(12-15)27-2;1-8-4-5-11-9(2)12(16)17-13-15(11)10(8)6-7-14(3,18-13)19-20-15/h3-12,24-25H,13H2,1-2H3;8-11,13H,4-7H2,1-3H3/b7-3+,8-4+;/t;8-,9-,10+,11+,13-,14+,15-/m.1/s1. The van der Waals surface area contributed by atoms with Gasteiger partial charge in [-0.1, -0.05) is 38.1 Å². The zero-order valence-electron chi connectivity index (χ0n) is 27.3. The van der Waals surface area contributed by atoms with Crippen molar-refractivity contribution in [3.05, 3.63) is 59.7 Å². The van der Waals surface area contributed by atoms with E-state index in [4.69, 9.17) is 28.7 Å². The van der Waals surface area contributed by atoms with Crippen LogP contribution in [-0.4, -0.2) is 59.6 Å². The van der Waals surface area contributed by atoms with Crippen LogP contribution >= 0.6 is 0 Å². The van der Waals surface area contributed by atoms with Crippen LogP contribution < -0.4 is 9.47 Å². The molecule has 0 aromatic heterocycles. The number of carbonyl (C=O) groups excluding carboxylic acids is 3. The Bertz CT molecular complexity index is 1490. The van der Waals surface area contributed by atoms with Gasteiger partial charge in [0.25, 0.3) is 0 Å². The molecule has 0 unspecified atom stereocenters. The summed E-state index contributed by atoms with van der Waals surface area (Å²) in [5.74, 6) is -0.220. The van der Waals surface area contributed by atoms with E-state index in [1.54, 1.807) is 36.4 Å². The van der Waals surface area contributed by atoms with Crippen molar-refractivity contribution in [3.8, 4) is 23.0 Å². The van der Waals surface area contributed by atoms with E-state index in [0.29, 0.717) is 34.5 Å². The number of carbonyl (C=O) groups is 3. The summed E-state index contributed by atoms with van der Waals surface area (Å²) in [7, 11) is 2.87. The second-order valence-electron chi connectivity index (χ2n) is 12.8. The average molecular weight is 651 g/mol. The van der Waals surface area contributed by atoms with Gasteiger partial charge >= 0.3 is 5.97 Å². The third-order valence-corrected chi connectivity index (χ3v) is 9.65. The van der Waals surface area contributed by atoms with Gasteiger partial charge in [0.05, 0.1) is 26.6 Å². The number of fused-ring (bicyclic) bond motifs is 2. The maximum atomic E-state index is 12.1. The van der Waals surface area contributed by atoms with E-state index in [1.807, 2.05) is 13.8 Å². The molecule has 2 aromatic carbocycles. The first-order valence-electron chi connectivity index (χ1n) is 15.8. The van der Waals surface area contributed by atoms with Gasteiger partial charge in [-0.2, -0.15) is 0 Å². The fraction of sp³-hybridized carbons (Fsp3) is 0.472. The molecule has 1 saturated carbocycles. The summed E-state index contributed by atoms with van der Waals surface area (Å²) in [4.78, 5) is 47.5. The number of hydrogen-bond donors (Lipinski definition) is 2. The van der Waals surface area contributed by atoms with E-state index < -0.39 is 17.7 Å². The van der Waals surface area contributed by atoms with Gasteiger partial charge < -0.3 is 29.2 Å². The van der Waals surface area contributed by atoms with Crippen molar-refractivity contribution >= 4 is 29.7 Å². The number of rotatable bonds is 8. The highest BCUT2D eigenvalue weighted by Crippen LogP contribution is 2.59. The molecule has 4 aliphatic heterocycles. The summed E-state index contributed by atoms with van der Waals surface area (Å²) in [5, 5.41) is 19.1. The molecule has 5 fully saturated rings. The number of phenolic OH excluding ortho intramolecular Hbond substituents is 2. The highest BCUT2D eigenvalue weighted by Gasteiger charge is 2.70. The topological polar surface area (TPSA) is 147 Å². The Morgan fingerprint density at radius 1 is 0.872 bits per heavy atom. The van der Waals surface area contributed by atoms with Crippen molar-refractivity contribution < 1.29 is 53.3 Å². The summed E-state index contributed by atoms with van der Waals surface area (Å²) in [6.07, 6.45) is 8.69. The van der Waals surface area contributed by atoms with Crippen LogP contribution in [0.4, 0.5) is 0 Å². The smallest absolute Gasteiger partial charge is 0.311 e. The largest absolute Gasteiger partial charge is 0.504 e. The lowest BCUT2D eigenvalue weighted by Crippen LogP contribution is -2.69. The van der Waals surface area contributed by atoms with Crippen LogP contribution in [0.5, 0.6) is 23.0 Å². The fourth-order valence-corrected chi connectivity index (χ4v) is 7.03. The molecule has 1 spiro atoms. The quantitative estimate of drug-likeness (QED) is 0.155. The lowest BCUT2D eigenvalue weighted by molar-refractivity contribution is -0.559. The Morgan fingerprint density at radius 3 is 2.00 bits per heavy atom. The van der Waals surface area contributed by atoms with Crippen molar-refractivity contribution in [2.75, 3.05) is 14.2 Å². The van der Waals surface area contributed by atoms with E-state index in [9.17, 15) is 24.6 Å². The normalized spacial score (nSPS) is 30.9. The van der Waals surface area contributed by atoms with Crippen LogP contribution in [0, 0.1) is 23.7 Å². The van der Waals surface area contributed by atoms with Gasteiger partial charge in [-0.15, -0.1) is 0 Å². The Hall–Kier alpha value is -4.19. The number of aromatic hydroxyl groups is 2. The summed E-state index contributed by atoms with van der Waals surface area (Å²) >= 11 is 0. The lowest BCUT2D eigenvalue weighted by Gasteiger charge is -2.57. The molecule has 0 radical (unpaired) electrons. The molecule has 7 rings (SSSR count). The minimum absolute atomic E-state index is 0.00662. The van der Waals surface area contributed by atoms with Gasteiger partial charge in [0, 0.05) is 18.3 Å². The van der Waals surface area contributed by atoms with E-state index in [1.165, 1.54) is 38.5 Å². The minimum Gasteiger partial charge on any atom is -0.504 e. The Kier molecular flexibility index (Phi) is 10.1. The first kappa shape index (κ1) is 34.2. The lowest BCUT2D eigenvalue weighted by atomic mass is 9.58. The van der Waals surface area contributed by atoms with E-state index in [2.05, 4.69) is 6.92 Å². The highest BCUT2D eigenvalue weighted by atomic mass is 17.3. The summed E-state index contributed by atoms with van der Waals surface area (Å²) < 4.78 is 21.6. The Balaban J connectivity index is 0.000000191. The summed E-state index contributed by atoms with van der Waals surface area (Å²) in [5.41, 5.74) is 0.718. The predicted octanol–water partition coefficient (Wildman–Crippen LogP) is 5.76. The van der Waals surface area contributed by atoms with E-state index >= 15 is 0 Å². The number of ketones is 2. The zero-order valence-corrected chi connectivity index (χ0v) is 27.3. The third kappa shape index (κ3) is 7.07. The van der Waals surface area contributed by atoms with Gasteiger partial charge in [0.15, 0.2) is 40.2 Å². The maximum Gasteiger partial charge on any atom is 0.311 e. The van der Waals surface area contributed by atoms with Crippen LogP contribution in [0.2, 0.25) is 0 Å². The zero-order chi connectivity index (χ0) is 33.9. The molecule has 252 valence electrons. The van der Waals surface area contributed by atoms with Gasteiger partial charge in [-0.25, -0.2) is 9.78 Å². The van der Waals surface area contributed by atoms with Crippen LogP contribution in [0.25, 0.3) is 12.2 Å². The Labute approximate surface area is 274 Å². The molecule has 1 aliphatic carbocycles. The Morgan fingerprint density at radius 2 is 1.45 bits per heavy atom. The monoisotopic (exact) mass is 650 g/mol. The summed E-state index contributed by atoms with van der Waals surface area (Å²) in [6.45, 7) is 6.06. The van der Waals surface area contributed by atoms with Crippen LogP contribution in [-0.2, 0) is 33.6 Å². The molecule has 47 heavy (non-hydrogen) atoms. The summed E-state index contributed by atoms with van der Waals surface area (Å²) in [6, 6.07) is 9.34. The maximum absolute atomic E-state index is 12.1. The molecule has 11 heteroatoms. The SMILES string of the molecule is COc1cc(/C=C/C(=O)CC(=O)/C=C/c2ccc(O)c(OC)c2)ccc1O.C[C@@H]1CC[C@H]2[C@@H](C)C(=O)O[C@@H]3O[C@]4(C)CC[C@@H]1[C@]32OO4. The number of esters is 1. The van der Waals surface area contributed by atoms with Crippen LogP contribution in [0.15, 0.2) is 48.6 Å². The number of phenols is 2. The molecule has 2 bridgehead atoms. The van der Waals surface area contributed by atoms with Crippen molar-refractivity contribution in [2.24, 2.45) is 23.7 Å². The number of methoxy groups -OCH3 is 2. The molecule has 11 nitrogen and oxygen atoms in total. The third-order valence-electron chi connectivity index (χ3n) is 9.65. The number of benzene rings is 2. The molecular formula is C36H42O11. The predicted molar refractivity (Wildman–Crippen MR) is 170 cm³/mol. The van der Waals surface area contributed by atoms with Crippen LogP contribution in [0.3, 0.4) is 0 Å². The fourth-order valence-electron chi connectivity index (χ4n) is 7.03. The van der Waals surface area contributed by atoms with Gasteiger partial charge in [-0.05, 0) is 79.6 Å². The first-order chi connectivity index (χ1) is 22.4. The molecule has 5 aliphatic rings.